The highest BCUT2D eigenvalue weighted by Gasteiger charge is 2.50. The molecule has 67 heavy (non-hydrogen) atoms. The van der Waals surface area contributed by atoms with Crippen molar-refractivity contribution in [1.29, 1.82) is 0 Å². The number of nitrogens with zero attached hydrogens (tertiary/aromatic N) is 2. The number of ketones is 1. The van der Waals surface area contributed by atoms with Gasteiger partial charge in [0.05, 0.1) is 40.4 Å². The van der Waals surface area contributed by atoms with Crippen molar-refractivity contribution in [2.24, 2.45) is 17.8 Å². The Balaban J connectivity index is 1.41. The Labute approximate surface area is 388 Å². The van der Waals surface area contributed by atoms with Crippen molar-refractivity contribution >= 4 is 55.1 Å². The van der Waals surface area contributed by atoms with E-state index in [0.29, 0.717) is 6.54 Å². The summed E-state index contributed by atoms with van der Waals surface area (Å²) in [6, 6.07) is 2.71. The maximum Gasteiger partial charge on any atom is 0.303 e. The summed E-state index contributed by atoms with van der Waals surface area (Å²) in [5.74, 6) is -3.87. The van der Waals surface area contributed by atoms with Gasteiger partial charge in [-0.2, -0.15) is 0 Å². The van der Waals surface area contributed by atoms with E-state index in [1.54, 1.807) is 26.0 Å². The topological polar surface area (TPSA) is 251 Å². The molecule has 0 radical (unpaired) electrons. The first kappa shape index (κ1) is 50.6. The Kier molecular flexibility index (Phi) is 14.6. The van der Waals surface area contributed by atoms with Crippen LogP contribution in [0.4, 0.5) is 5.69 Å². The number of sulfone groups is 1. The largest absolute Gasteiger partial charge is 0.516 e. The second kappa shape index (κ2) is 19.4. The zero-order valence-electron chi connectivity index (χ0n) is 39.6. The average Bonchev–Trinajstić information content (AvgIpc) is 3.68. The number of aromatic nitrogens is 1. The van der Waals surface area contributed by atoms with Crippen molar-refractivity contribution in [1.82, 2.24) is 9.88 Å². The third-order valence-corrected chi connectivity index (χ3v) is 13.5. The van der Waals surface area contributed by atoms with Crippen LogP contribution in [0.15, 0.2) is 62.4 Å². The lowest BCUT2D eigenvalue weighted by atomic mass is 9.86. The molecular weight excluding hydrogens is 891 g/mol. The zero-order chi connectivity index (χ0) is 49.6. The van der Waals surface area contributed by atoms with E-state index in [1.807, 2.05) is 25.9 Å². The smallest absolute Gasteiger partial charge is 0.303 e. The van der Waals surface area contributed by atoms with Gasteiger partial charge in [0, 0.05) is 73.2 Å². The van der Waals surface area contributed by atoms with Gasteiger partial charge in [0.1, 0.15) is 53.0 Å². The van der Waals surface area contributed by atoms with E-state index in [1.165, 1.54) is 66.0 Å². The summed E-state index contributed by atoms with van der Waals surface area (Å²) in [6.45, 7) is 13.4. The molecule has 1 aliphatic carbocycles. The van der Waals surface area contributed by atoms with Crippen molar-refractivity contribution < 1.29 is 66.2 Å². The Morgan fingerprint density at radius 3 is 2.39 bits per heavy atom. The number of esters is 1. The Morgan fingerprint density at radius 2 is 1.78 bits per heavy atom. The van der Waals surface area contributed by atoms with Gasteiger partial charge in [0.15, 0.2) is 26.8 Å². The van der Waals surface area contributed by atoms with Gasteiger partial charge in [-0.15, -0.1) is 0 Å². The molecule has 4 aliphatic rings. The number of ether oxygens (including phenoxy) is 5. The molecule has 2 aromatic rings. The van der Waals surface area contributed by atoms with E-state index in [2.05, 4.69) is 5.32 Å². The Hall–Kier alpha value is -5.86. The number of carbonyl (C=O) groups is 3. The Morgan fingerprint density at radius 1 is 1.09 bits per heavy atom. The van der Waals surface area contributed by atoms with Gasteiger partial charge >= 0.3 is 5.97 Å². The third-order valence-electron chi connectivity index (χ3n) is 12.4. The van der Waals surface area contributed by atoms with Crippen LogP contribution in [0.2, 0.25) is 0 Å². The number of amides is 1. The molecule has 1 saturated heterocycles. The molecule has 6 rings (SSSR count). The van der Waals surface area contributed by atoms with E-state index in [0.717, 1.165) is 12.5 Å². The number of hydrogen-bond acceptors (Lipinski definition) is 17. The summed E-state index contributed by atoms with van der Waals surface area (Å²) in [5.41, 5.74) is -3.09. The molecule has 0 aromatic heterocycles. The summed E-state index contributed by atoms with van der Waals surface area (Å²) in [7, 11) is 1.11. The molecule has 1 amide bonds. The Bertz CT molecular complexity index is 2850. The standard InChI is InChI=1S/C48H59N3O15S/c1-22(41-26(5)39(55)45(65-41)43(63-27(6)53)24(3)29(61-11)16-18-52)14-13-15-23(2)47(58)50-37-40(56)33-32(34-42(25(4)38(33)54)66-48(7,8)46(34)57)36-44(37)64-30-20-28(62-19-17-51(9)10)21-31(35(30)49-36)67(12,59)60/h13-16,18,20-22,24,26,29,39,41,43,45,52,54-55H,17,19H2,1-12H3,(H,50,58)/b14-13+,18-16+,23-15-/t22-,24+,26-,29-,39+,41-,43+,45+/m0/s1. The van der Waals surface area contributed by atoms with E-state index in [4.69, 9.17) is 33.1 Å². The number of benzene rings is 3. The predicted molar refractivity (Wildman–Crippen MR) is 249 cm³/mol. The molecule has 18 nitrogen and oxygen atoms in total. The zero-order valence-corrected chi connectivity index (χ0v) is 40.4. The first-order chi connectivity index (χ1) is 31.3. The van der Waals surface area contributed by atoms with Crippen LogP contribution in [-0.2, 0) is 33.6 Å². The van der Waals surface area contributed by atoms with Crippen molar-refractivity contribution in [3.63, 3.8) is 0 Å². The van der Waals surface area contributed by atoms with Crippen LogP contribution in [0.5, 0.6) is 17.2 Å². The lowest BCUT2D eigenvalue weighted by Gasteiger charge is -2.33. The molecule has 0 spiro atoms. The number of methoxy groups -OCH3 is 1. The number of rotatable bonds is 16. The molecule has 362 valence electrons. The highest BCUT2D eigenvalue weighted by molar-refractivity contribution is 7.91. The van der Waals surface area contributed by atoms with E-state index >= 15 is 0 Å². The molecule has 0 bridgehead atoms. The van der Waals surface area contributed by atoms with Gasteiger partial charge in [0.2, 0.25) is 11.2 Å². The van der Waals surface area contributed by atoms with Gasteiger partial charge in [-0.05, 0) is 47.9 Å². The molecular formula is C48H59N3O15S. The molecule has 2 aromatic carbocycles. The summed E-state index contributed by atoms with van der Waals surface area (Å²) >= 11 is 0. The van der Waals surface area contributed by atoms with Crippen molar-refractivity contribution in [2.75, 3.05) is 45.9 Å². The van der Waals surface area contributed by atoms with Crippen molar-refractivity contribution in [3.05, 3.63) is 69.6 Å². The SMILES string of the molecule is CO[C@@H](/C=C/O)[C@@H](C)[C@@H](OC(C)=O)[C@@H]1O[C@@H]([C@@H](C)/C=C/C=C(/C)C(=O)Nc2c3oc4cc(OCCN(C)C)cc(S(C)(=O)=O)c4nc-3c3c4c(c(C)c(O)c3c2=O)OC(C)(C)C4=O)[C@@H](C)[C@H]1O. The average molecular weight is 950 g/mol. The second-order valence-electron chi connectivity index (χ2n) is 18.1. The van der Waals surface area contributed by atoms with Gasteiger partial charge < -0.3 is 53.6 Å². The van der Waals surface area contributed by atoms with E-state index < -0.39 is 92.3 Å². The molecule has 4 N–H and O–H groups in total. The minimum absolute atomic E-state index is 0.0172. The lowest BCUT2D eigenvalue weighted by molar-refractivity contribution is -0.168. The number of allylic oxidation sites excluding steroid dienone is 2. The molecule has 8 atom stereocenters. The van der Waals surface area contributed by atoms with Crippen LogP contribution in [0.1, 0.15) is 64.4 Å². The number of aliphatic hydroxyl groups is 2. The lowest BCUT2D eigenvalue weighted by Crippen LogP contribution is -2.46. The number of phenols is 1. The van der Waals surface area contributed by atoms with E-state index in [9.17, 15) is 42.9 Å². The number of Topliss-reactive ketones (excluding diaryl/α,β-unsaturated/α-hetero) is 1. The first-order valence-corrected chi connectivity index (χ1v) is 23.6. The van der Waals surface area contributed by atoms with Gasteiger partial charge in [-0.1, -0.05) is 39.0 Å². The van der Waals surface area contributed by atoms with Crippen LogP contribution in [0.25, 0.3) is 33.3 Å². The summed E-state index contributed by atoms with van der Waals surface area (Å²) in [4.78, 5) is 61.2. The fraction of sp³-hybridized carbons (Fsp3) is 0.479. The molecule has 3 heterocycles. The fourth-order valence-electron chi connectivity index (χ4n) is 8.64. The maximum absolute atomic E-state index is 14.7. The number of carbonyl (C=O) groups excluding carboxylic acids is 3. The summed E-state index contributed by atoms with van der Waals surface area (Å²) in [5, 5.41) is 34.5. The number of likely N-dealkylation sites (N-methyl/N-ethyl adjacent to an activating group) is 1. The van der Waals surface area contributed by atoms with Crippen molar-refractivity contribution in [3.8, 4) is 28.7 Å². The van der Waals surface area contributed by atoms with Gasteiger partial charge in [0.25, 0.3) is 5.91 Å². The van der Waals surface area contributed by atoms with Crippen LogP contribution >= 0.6 is 0 Å². The minimum Gasteiger partial charge on any atom is -0.516 e. The molecule has 1 fully saturated rings. The highest BCUT2D eigenvalue weighted by atomic mass is 32.2. The van der Waals surface area contributed by atoms with Crippen LogP contribution < -0.4 is 20.2 Å². The van der Waals surface area contributed by atoms with Gasteiger partial charge in [-0.25, -0.2) is 13.4 Å². The summed E-state index contributed by atoms with van der Waals surface area (Å²) < 4.78 is 62.4. The number of fused-ring (bicyclic) bond motifs is 6. The number of aromatic hydroxyl groups is 1. The first-order valence-electron chi connectivity index (χ1n) is 21.7. The monoisotopic (exact) mass is 949 g/mol. The van der Waals surface area contributed by atoms with E-state index in [-0.39, 0.29) is 78.9 Å². The molecule has 3 aliphatic heterocycles. The predicted octanol–water partition coefficient (Wildman–Crippen LogP) is 5.65. The van der Waals surface area contributed by atoms with Crippen molar-refractivity contribution in [2.45, 2.75) is 96.4 Å². The molecule has 19 heteroatoms. The fourth-order valence-corrected chi connectivity index (χ4v) is 9.46. The number of nitrogens with one attached hydrogen (secondary N) is 1. The van der Waals surface area contributed by atoms with Crippen LogP contribution in [-0.4, -0.2) is 128 Å². The van der Waals surface area contributed by atoms with Crippen LogP contribution in [0.3, 0.4) is 0 Å². The third kappa shape index (κ3) is 9.78. The molecule has 0 saturated carbocycles. The number of phenolic OH excluding ortho intramolecular Hbond substituents is 1. The number of aliphatic hydroxyl groups excluding tert-OH is 2. The van der Waals surface area contributed by atoms with Crippen LogP contribution in [0, 0.1) is 24.7 Å². The quantitative estimate of drug-likeness (QED) is 0.0264. The molecule has 0 unspecified atom stereocenters. The second-order valence-corrected chi connectivity index (χ2v) is 20.1. The van der Waals surface area contributed by atoms with Gasteiger partial charge in [-0.3, -0.25) is 19.2 Å². The maximum atomic E-state index is 14.7. The minimum atomic E-state index is -4.02. The number of hydrogen-bond donors (Lipinski definition) is 4. The summed E-state index contributed by atoms with van der Waals surface area (Å²) in [6.07, 6.45) is 3.97. The highest BCUT2D eigenvalue weighted by Crippen LogP contribution is 2.50. The normalized spacial score (nSPS) is 21.6. The number of anilines is 1.